The fourth-order valence-electron chi connectivity index (χ4n) is 1.77. The van der Waals surface area contributed by atoms with Gasteiger partial charge in [0.25, 0.3) is 0 Å². The van der Waals surface area contributed by atoms with E-state index in [9.17, 15) is 18.3 Å². The lowest BCUT2D eigenvalue weighted by molar-refractivity contribution is -0.175. The Morgan fingerprint density at radius 2 is 2.10 bits per heavy atom. The van der Waals surface area contributed by atoms with Crippen molar-refractivity contribution < 1.29 is 23.0 Å². The molecule has 0 aromatic carbocycles. The van der Waals surface area contributed by atoms with Crippen molar-refractivity contribution in [1.82, 2.24) is 9.78 Å². The van der Waals surface area contributed by atoms with Crippen LogP contribution in [-0.4, -0.2) is 40.4 Å². The molecular formula is C12H18ClF3N2O2. The summed E-state index contributed by atoms with van der Waals surface area (Å²) in [6, 6.07) is 0. The molecule has 0 saturated heterocycles. The Hall–Kier alpha value is -0.790. The van der Waals surface area contributed by atoms with Gasteiger partial charge in [-0.25, -0.2) is 0 Å². The van der Waals surface area contributed by atoms with Crippen molar-refractivity contribution in [3.05, 3.63) is 16.4 Å². The zero-order valence-corrected chi connectivity index (χ0v) is 12.1. The van der Waals surface area contributed by atoms with Crippen molar-refractivity contribution in [2.45, 2.75) is 38.5 Å². The number of ether oxygens (including phenoxy) is 1. The average molecular weight is 315 g/mol. The van der Waals surface area contributed by atoms with Crippen LogP contribution in [0.4, 0.5) is 13.2 Å². The molecule has 20 heavy (non-hydrogen) atoms. The van der Waals surface area contributed by atoms with Crippen LogP contribution < -0.4 is 0 Å². The first kappa shape index (κ1) is 17.3. The summed E-state index contributed by atoms with van der Waals surface area (Å²) in [5.41, 5.74) is 1.41. The summed E-state index contributed by atoms with van der Waals surface area (Å²) in [4.78, 5) is 0. The lowest BCUT2D eigenvalue weighted by Crippen LogP contribution is -2.20. The van der Waals surface area contributed by atoms with E-state index < -0.39 is 18.9 Å². The number of aliphatic hydroxyl groups is 1. The van der Waals surface area contributed by atoms with E-state index in [-0.39, 0.29) is 19.4 Å². The number of halogens is 4. The quantitative estimate of drug-likeness (QED) is 0.787. The fourth-order valence-corrected chi connectivity index (χ4v) is 2.14. The van der Waals surface area contributed by atoms with E-state index in [1.807, 2.05) is 6.92 Å². The van der Waals surface area contributed by atoms with Crippen LogP contribution in [0.5, 0.6) is 0 Å². The lowest BCUT2D eigenvalue weighted by atomic mass is 10.1. The predicted octanol–water partition coefficient (Wildman–Crippen LogP) is 2.51. The summed E-state index contributed by atoms with van der Waals surface area (Å²) in [5.74, 6) is 0. The second-order valence-electron chi connectivity index (χ2n) is 4.50. The Kier molecular flexibility index (Phi) is 6.29. The van der Waals surface area contributed by atoms with Crippen LogP contribution in [0.2, 0.25) is 5.02 Å². The summed E-state index contributed by atoms with van der Waals surface area (Å²) in [5, 5.41) is 14.5. The first-order valence-corrected chi connectivity index (χ1v) is 6.65. The van der Waals surface area contributed by atoms with E-state index in [1.54, 1.807) is 11.7 Å². The number of hydrogen-bond acceptors (Lipinski definition) is 3. The zero-order chi connectivity index (χ0) is 15.3. The van der Waals surface area contributed by atoms with Crippen LogP contribution in [0.1, 0.15) is 24.7 Å². The first-order valence-electron chi connectivity index (χ1n) is 6.27. The van der Waals surface area contributed by atoms with Crippen molar-refractivity contribution in [1.29, 1.82) is 0 Å². The molecule has 1 aromatic heterocycles. The topological polar surface area (TPSA) is 47.3 Å². The lowest BCUT2D eigenvalue weighted by Gasteiger charge is -2.12. The maximum absolute atomic E-state index is 11.9. The van der Waals surface area contributed by atoms with Crippen LogP contribution in [-0.2, 0) is 24.6 Å². The van der Waals surface area contributed by atoms with Gasteiger partial charge in [0, 0.05) is 20.1 Å². The molecule has 0 radical (unpaired) electrons. The highest BCUT2D eigenvalue weighted by Gasteiger charge is 2.27. The monoisotopic (exact) mass is 314 g/mol. The Bertz CT molecular complexity index is 435. The van der Waals surface area contributed by atoms with E-state index in [2.05, 4.69) is 9.84 Å². The third-order valence-electron chi connectivity index (χ3n) is 2.79. The summed E-state index contributed by atoms with van der Waals surface area (Å²) in [6.07, 6.45) is -4.14. The molecule has 0 amide bonds. The molecule has 0 spiro atoms. The van der Waals surface area contributed by atoms with E-state index in [4.69, 9.17) is 11.6 Å². The molecule has 0 aliphatic rings. The molecule has 8 heteroatoms. The Balaban J connectivity index is 2.43. The highest BCUT2D eigenvalue weighted by Crippen LogP contribution is 2.22. The van der Waals surface area contributed by atoms with Gasteiger partial charge in [0.1, 0.15) is 6.61 Å². The molecule has 0 aliphatic carbocycles. The molecule has 116 valence electrons. The molecule has 1 unspecified atom stereocenters. The van der Waals surface area contributed by atoms with Crippen molar-refractivity contribution >= 4 is 11.6 Å². The Morgan fingerprint density at radius 3 is 2.60 bits per heavy atom. The van der Waals surface area contributed by atoms with Crippen LogP contribution in [0.3, 0.4) is 0 Å². The van der Waals surface area contributed by atoms with Gasteiger partial charge in [-0.3, -0.25) is 4.68 Å². The number of aromatic nitrogens is 2. The third kappa shape index (κ3) is 5.30. The second-order valence-corrected chi connectivity index (χ2v) is 4.88. The van der Waals surface area contributed by atoms with Gasteiger partial charge in [-0.15, -0.1) is 0 Å². The van der Waals surface area contributed by atoms with Gasteiger partial charge in [0.15, 0.2) is 0 Å². The predicted molar refractivity (Wildman–Crippen MR) is 68.8 cm³/mol. The highest BCUT2D eigenvalue weighted by atomic mass is 35.5. The van der Waals surface area contributed by atoms with Crippen LogP contribution in [0.25, 0.3) is 0 Å². The van der Waals surface area contributed by atoms with Gasteiger partial charge in [-0.2, -0.15) is 18.3 Å². The number of rotatable bonds is 7. The molecule has 0 fully saturated rings. The molecule has 1 rings (SSSR count). The third-order valence-corrected chi connectivity index (χ3v) is 3.23. The molecule has 1 atom stereocenters. The second kappa shape index (κ2) is 7.28. The van der Waals surface area contributed by atoms with Crippen molar-refractivity contribution in [2.75, 3.05) is 13.2 Å². The maximum atomic E-state index is 11.9. The van der Waals surface area contributed by atoms with Gasteiger partial charge in [0.05, 0.1) is 22.5 Å². The van der Waals surface area contributed by atoms with Gasteiger partial charge in [-0.05, 0) is 12.8 Å². The Labute approximate surface area is 120 Å². The molecule has 0 bridgehead atoms. The van der Waals surface area contributed by atoms with Gasteiger partial charge >= 0.3 is 6.18 Å². The number of hydrogen-bond donors (Lipinski definition) is 1. The molecule has 4 nitrogen and oxygen atoms in total. The summed E-state index contributed by atoms with van der Waals surface area (Å²) in [6.45, 7) is 0.461. The summed E-state index contributed by atoms with van der Waals surface area (Å²) in [7, 11) is 1.72. The van der Waals surface area contributed by atoms with E-state index in [0.29, 0.717) is 17.1 Å². The summed E-state index contributed by atoms with van der Waals surface area (Å²) >= 11 is 6.12. The van der Waals surface area contributed by atoms with Crippen molar-refractivity contribution in [3.63, 3.8) is 0 Å². The highest BCUT2D eigenvalue weighted by molar-refractivity contribution is 6.31. The van der Waals surface area contributed by atoms with Crippen LogP contribution in [0.15, 0.2) is 0 Å². The molecule has 0 aliphatic heterocycles. The van der Waals surface area contributed by atoms with E-state index >= 15 is 0 Å². The number of nitrogens with zero attached hydrogens (tertiary/aromatic N) is 2. The SMILES string of the molecule is CCc1nn(C)c(CC(O)CCOCC(F)(F)F)c1Cl. The number of alkyl halides is 3. The fraction of sp³-hybridized carbons (Fsp3) is 0.750. The minimum absolute atomic E-state index is 0.110. The number of aliphatic hydroxyl groups excluding tert-OH is 1. The molecular weight excluding hydrogens is 297 g/mol. The van der Waals surface area contributed by atoms with Crippen LogP contribution >= 0.6 is 11.6 Å². The zero-order valence-electron chi connectivity index (χ0n) is 11.4. The van der Waals surface area contributed by atoms with Gasteiger partial charge in [0.2, 0.25) is 0 Å². The molecule has 0 saturated carbocycles. The standard InChI is InChI=1S/C12H18ClF3N2O2/c1-3-9-11(13)10(18(2)17-9)6-8(19)4-5-20-7-12(14,15)16/h8,19H,3-7H2,1-2H3. The van der Waals surface area contributed by atoms with Crippen LogP contribution in [0, 0.1) is 0 Å². The first-order chi connectivity index (χ1) is 9.24. The number of aryl methyl sites for hydroxylation is 2. The van der Waals surface area contributed by atoms with Gasteiger partial charge < -0.3 is 9.84 Å². The van der Waals surface area contributed by atoms with E-state index in [0.717, 1.165) is 5.69 Å². The van der Waals surface area contributed by atoms with E-state index in [1.165, 1.54) is 0 Å². The summed E-state index contributed by atoms with van der Waals surface area (Å²) < 4.78 is 41.6. The molecule has 1 N–H and O–H groups in total. The molecule has 1 heterocycles. The van der Waals surface area contributed by atoms with Crippen molar-refractivity contribution in [2.24, 2.45) is 7.05 Å². The normalized spacial score (nSPS) is 13.8. The largest absolute Gasteiger partial charge is 0.411 e. The molecule has 1 aromatic rings. The smallest absolute Gasteiger partial charge is 0.393 e. The minimum atomic E-state index is -4.34. The maximum Gasteiger partial charge on any atom is 0.411 e. The van der Waals surface area contributed by atoms with Crippen molar-refractivity contribution in [3.8, 4) is 0 Å². The van der Waals surface area contributed by atoms with Gasteiger partial charge in [-0.1, -0.05) is 18.5 Å². The minimum Gasteiger partial charge on any atom is -0.393 e. The Morgan fingerprint density at radius 1 is 1.45 bits per heavy atom. The average Bonchev–Trinajstić information content (AvgIpc) is 2.61.